The maximum Gasteiger partial charge on any atom is 0.0223 e. The standard InChI is InChI=1S/C14H22N2S/c1-11(9-13-3-2-8-17-13)16-7-6-15-14(10-16)12-4-5-12/h2-3,8,11-12,14-15H,4-7,9-10H2,1H3. The molecule has 3 rings (SSSR count). The molecule has 3 heteroatoms. The van der Waals surface area contributed by atoms with Crippen LogP contribution >= 0.6 is 11.3 Å². The van der Waals surface area contributed by atoms with Gasteiger partial charge in [-0.2, -0.15) is 0 Å². The Balaban J connectivity index is 1.55. The van der Waals surface area contributed by atoms with Gasteiger partial charge in [0, 0.05) is 36.6 Å². The first-order chi connectivity index (χ1) is 8.33. The summed E-state index contributed by atoms with van der Waals surface area (Å²) in [5.41, 5.74) is 0. The Labute approximate surface area is 108 Å². The third-order valence-electron chi connectivity index (χ3n) is 4.13. The van der Waals surface area contributed by atoms with Crippen LogP contribution in [0.15, 0.2) is 17.5 Å². The zero-order valence-electron chi connectivity index (χ0n) is 10.6. The number of hydrogen-bond donors (Lipinski definition) is 1. The van der Waals surface area contributed by atoms with E-state index in [-0.39, 0.29) is 0 Å². The van der Waals surface area contributed by atoms with Gasteiger partial charge in [0.1, 0.15) is 0 Å². The van der Waals surface area contributed by atoms with Gasteiger partial charge in [-0.25, -0.2) is 0 Å². The summed E-state index contributed by atoms with van der Waals surface area (Å²) in [6, 6.07) is 5.89. The fourth-order valence-corrected chi connectivity index (χ4v) is 3.69. The van der Waals surface area contributed by atoms with E-state index in [4.69, 9.17) is 0 Å². The Bertz CT molecular complexity index is 345. The Hall–Kier alpha value is -0.380. The second kappa shape index (κ2) is 5.09. The highest BCUT2D eigenvalue weighted by molar-refractivity contribution is 7.09. The molecule has 2 atom stereocenters. The van der Waals surface area contributed by atoms with Gasteiger partial charge < -0.3 is 5.32 Å². The van der Waals surface area contributed by atoms with Gasteiger partial charge in [0.15, 0.2) is 0 Å². The van der Waals surface area contributed by atoms with Crippen LogP contribution in [0.1, 0.15) is 24.6 Å². The highest BCUT2D eigenvalue weighted by Crippen LogP contribution is 2.34. The molecule has 1 aliphatic heterocycles. The summed E-state index contributed by atoms with van der Waals surface area (Å²) in [4.78, 5) is 4.21. The van der Waals surface area contributed by atoms with Crippen LogP contribution in [0.2, 0.25) is 0 Å². The van der Waals surface area contributed by atoms with E-state index in [2.05, 4.69) is 34.7 Å². The molecule has 2 fully saturated rings. The molecule has 0 aromatic carbocycles. The molecule has 2 nitrogen and oxygen atoms in total. The summed E-state index contributed by atoms with van der Waals surface area (Å²) < 4.78 is 0. The van der Waals surface area contributed by atoms with Crippen molar-refractivity contribution in [3.05, 3.63) is 22.4 Å². The largest absolute Gasteiger partial charge is 0.311 e. The Kier molecular flexibility index (Phi) is 3.50. The van der Waals surface area contributed by atoms with E-state index in [0.29, 0.717) is 6.04 Å². The first-order valence-corrected chi connectivity index (χ1v) is 7.70. The molecule has 1 aliphatic carbocycles. The molecular weight excluding hydrogens is 228 g/mol. The van der Waals surface area contributed by atoms with Crippen LogP contribution in [0, 0.1) is 5.92 Å². The van der Waals surface area contributed by atoms with Gasteiger partial charge in [0.05, 0.1) is 0 Å². The van der Waals surface area contributed by atoms with E-state index in [1.54, 1.807) is 0 Å². The van der Waals surface area contributed by atoms with Crippen molar-refractivity contribution in [2.75, 3.05) is 19.6 Å². The van der Waals surface area contributed by atoms with Crippen molar-refractivity contribution in [2.45, 2.75) is 38.3 Å². The molecule has 2 unspecified atom stereocenters. The summed E-state index contributed by atoms with van der Waals surface area (Å²) in [6.45, 7) is 6.04. The van der Waals surface area contributed by atoms with Crippen LogP contribution in [-0.4, -0.2) is 36.6 Å². The molecule has 2 aliphatic rings. The summed E-state index contributed by atoms with van der Waals surface area (Å²) in [6.07, 6.45) is 4.12. The zero-order chi connectivity index (χ0) is 11.7. The highest BCUT2D eigenvalue weighted by Gasteiger charge is 2.34. The Morgan fingerprint density at radius 3 is 3.12 bits per heavy atom. The number of thiophene rings is 1. The number of piperazine rings is 1. The minimum absolute atomic E-state index is 0.692. The van der Waals surface area contributed by atoms with Gasteiger partial charge >= 0.3 is 0 Å². The summed E-state index contributed by atoms with van der Waals surface area (Å²) >= 11 is 1.89. The third-order valence-corrected chi connectivity index (χ3v) is 5.03. The molecule has 1 N–H and O–H groups in total. The van der Waals surface area contributed by atoms with E-state index in [0.717, 1.165) is 12.0 Å². The van der Waals surface area contributed by atoms with Crippen molar-refractivity contribution in [3.8, 4) is 0 Å². The Morgan fingerprint density at radius 1 is 1.53 bits per heavy atom. The second-order valence-corrected chi connectivity index (χ2v) is 6.56. The average molecular weight is 250 g/mol. The number of hydrogen-bond acceptors (Lipinski definition) is 3. The fraction of sp³-hybridized carbons (Fsp3) is 0.714. The van der Waals surface area contributed by atoms with Crippen LogP contribution in [0.5, 0.6) is 0 Å². The molecule has 0 bridgehead atoms. The molecule has 2 heterocycles. The van der Waals surface area contributed by atoms with E-state index in [1.807, 2.05) is 11.3 Å². The van der Waals surface area contributed by atoms with Crippen molar-refractivity contribution in [1.82, 2.24) is 10.2 Å². The number of nitrogens with one attached hydrogen (secondary N) is 1. The quantitative estimate of drug-likeness (QED) is 0.882. The van der Waals surface area contributed by atoms with Gasteiger partial charge in [-0.3, -0.25) is 4.90 Å². The first kappa shape index (κ1) is 11.7. The van der Waals surface area contributed by atoms with Gasteiger partial charge in [-0.05, 0) is 43.6 Å². The van der Waals surface area contributed by atoms with Crippen LogP contribution in [0.3, 0.4) is 0 Å². The molecule has 0 spiro atoms. The fourth-order valence-electron chi connectivity index (χ4n) is 2.87. The third kappa shape index (κ3) is 2.90. The lowest BCUT2D eigenvalue weighted by Crippen LogP contribution is -2.54. The van der Waals surface area contributed by atoms with Gasteiger partial charge in [-0.1, -0.05) is 6.07 Å². The number of rotatable bonds is 4. The van der Waals surface area contributed by atoms with E-state index in [1.165, 1.54) is 43.8 Å². The second-order valence-electron chi connectivity index (χ2n) is 5.53. The number of nitrogens with zero attached hydrogens (tertiary/aromatic N) is 1. The minimum atomic E-state index is 0.692. The minimum Gasteiger partial charge on any atom is -0.311 e. The summed E-state index contributed by atoms with van der Waals surface area (Å²) in [5, 5.41) is 5.87. The van der Waals surface area contributed by atoms with E-state index >= 15 is 0 Å². The highest BCUT2D eigenvalue weighted by atomic mass is 32.1. The van der Waals surface area contributed by atoms with Crippen molar-refractivity contribution < 1.29 is 0 Å². The van der Waals surface area contributed by atoms with Crippen molar-refractivity contribution in [1.29, 1.82) is 0 Å². The molecular formula is C14H22N2S. The van der Waals surface area contributed by atoms with Gasteiger partial charge in [-0.15, -0.1) is 11.3 Å². The van der Waals surface area contributed by atoms with Gasteiger partial charge in [0.25, 0.3) is 0 Å². The maximum absolute atomic E-state index is 3.69. The van der Waals surface area contributed by atoms with Crippen LogP contribution < -0.4 is 5.32 Å². The zero-order valence-corrected chi connectivity index (χ0v) is 11.4. The maximum atomic E-state index is 3.69. The molecule has 1 saturated heterocycles. The predicted molar refractivity (Wildman–Crippen MR) is 73.6 cm³/mol. The SMILES string of the molecule is CC(Cc1cccs1)N1CCNC(C2CC2)C1. The van der Waals surface area contributed by atoms with Crippen LogP contribution in [0.25, 0.3) is 0 Å². The van der Waals surface area contributed by atoms with Crippen molar-refractivity contribution >= 4 is 11.3 Å². The molecule has 0 radical (unpaired) electrons. The first-order valence-electron chi connectivity index (χ1n) is 6.83. The molecule has 94 valence electrons. The lowest BCUT2D eigenvalue weighted by atomic mass is 10.1. The lowest BCUT2D eigenvalue weighted by Gasteiger charge is -2.37. The monoisotopic (exact) mass is 250 g/mol. The molecule has 1 aromatic heterocycles. The molecule has 0 amide bonds. The molecule has 17 heavy (non-hydrogen) atoms. The van der Waals surface area contributed by atoms with Crippen molar-refractivity contribution in [3.63, 3.8) is 0 Å². The molecule has 1 saturated carbocycles. The summed E-state index contributed by atoms with van der Waals surface area (Å²) in [7, 11) is 0. The van der Waals surface area contributed by atoms with Crippen molar-refractivity contribution in [2.24, 2.45) is 5.92 Å². The van der Waals surface area contributed by atoms with E-state index in [9.17, 15) is 0 Å². The average Bonchev–Trinajstić information content (AvgIpc) is 3.09. The van der Waals surface area contributed by atoms with Crippen LogP contribution in [0.4, 0.5) is 0 Å². The Morgan fingerprint density at radius 2 is 2.41 bits per heavy atom. The smallest absolute Gasteiger partial charge is 0.0223 e. The normalized spacial score (nSPS) is 28.2. The van der Waals surface area contributed by atoms with Gasteiger partial charge in [0.2, 0.25) is 0 Å². The molecule has 1 aromatic rings. The predicted octanol–water partition coefficient (Wildman–Crippen LogP) is 2.36. The lowest BCUT2D eigenvalue weighted by molar-refractivity contribution is 0.144. The topological polar surface area (TPSA) is 15.3 Å². The van der Waals surface area contributed by atoms with Crippen LogP contribution in [-0.2, 0) is 6.42 Å². The summed E-state index contributed by atoms with van der Waals surface area (Å²) in [5.74, 6) is 0.978. The van der Waals surface area contributed by atoms with E-state index < -0.39 is 0 Å².